The normalized spacial score (nSPS) is 12.9. The first-order valence-corrected chi connectivity index (χ1v) is 34.0. The fraction of sp³-hybridized carbons (Fsp3) is 0.693. The topological polar surface area (TPSA) is 78.9 Å². The zero-order chi connectivity index (χ0) is 58.5. The van der Waals surface area contributed by atoms with Crippen LogP contribution in [0.2, 0.25) is 0 Å². The molecular weight excluding hydrogens is 997 g/mol. The highest BCUT2D eigenvalue weighted by molar-refractivity contribution is 5.71. The maximum atomic E-state index is 12.9. The van der Waals surface area contributed by atoms with Crippen LogP contribution in [0.3, 0.4) is 0 Å². The summed E-state index contributed by atoms with van der Waals surface area (Å²) in [6.45, 7) is 6.35. The van der Waals surface area contributed by atoms with E-state index >= 15 is 0 Å². The van der Waals surface area contributed by atoms with Crippen LogP contribution in [0.5, 0.6) is 0 Å². The fourth-order valence-electron chi connectivity index (χ4n) is 9.41. The van der Waals surface area contributed by atoms with Gasteiger partial charge in [0.25, 0.3) is 0 Å². The lowest BCUT2D eigenvalue weighted by atomic mass is 10.0. The molecule has 462 valence electrons. The molecule has 0 fully saturated rings. The highest BCUT2D eigenvalue weighted by Crippen LogP contribution is 2.17. The summed E-state index contributed by atoms with van der Waals surface area (Å²) < 4.78 is 16.8. The SMILES string of the molecule is CC/C=C\C/C=C\C/C=C\C/C=C\C/C=C\CCCC(=O)OC(COC(=O)CCCC/C=C\C/C=C\C/C=C\C/C=C\CC)COC(=O)CCCCCCCCCCCCCCCCCCCCC/C=C\CCCCCCCCCC. The summed E-state index contributed by atoms with van der Waals surface area (Å²) in [5, 5.41) is 0. The number of rotatable bonds is 61. The Bertz CT molecular complexity index is 1670. The summed E-state index contributed by atoms with van der Waals surface area (Å²) in [5.74, 6) is -1.01. The van der Waals surface area contributed by atoms with Gasteiger partial charge in [0.15, 0.2) is 6.10 Å². The lowest BCUT2D eigenvalue weighted by Gasteiger charge is -2.18. The van der Waals surface area contributed by atoms with E-state index in [9.17, 15) is 14.4 Å². The van der Waals surface area contributed by atoms with E-state index in [-0.39, 0.29) is 37.5 Å². The summed E-state index contributed by atoms with van der Waals surface area (Å²) in [7, 11) is 0. The van der Waals surface area contributed by atoms with E-state index in [0.717, 1.165) is 96.3 Å². The van der Waals surface area contributed by atoms with Crippen LogP contribution in [0.1, 0.15) is 316 Å². The molecule has 0 spiro atoms. The second-order valence-electron chi connectivity index (χ2n) is 22.3. The molecule has 0 N–H and O–H groups in total. The minimum Gasteiger partial charge on any atom is -0.462 e. The second-order valence-corrected chi connectivity index (χ2v) is 22.3. The van der Waals surface area contributed by atoms with Crippen molar-refractivity contribution in [2.24, 2.45) is 0 Å². The average Bonchev–Trinajstić information content (AvgIpc) is 3.47. The van der Waals surface area contributed by atoms with E-state index in [1.165, 1.54) is 167 Å². The van der Waals surface area contributed by atoms with Crippen molar-refractivity contribution in [2.75, 3.05) is 13.2 Å². The van der Waals surface area contributed by atoms with E-state index < -0.39 is 6.10 Å². The van der Waals surface area contributed by atoms with E-state index in [2.05, 4.69) is 142 Å². The molecule has 0 heterocycles. The van der Waals surface area contributed by atoms with Gasteiger partial charge in [-0.25, -0.2) is 0 Å². The van der Waals surface area contributed by atoms with Gasteiger partial charge in [-0.1, -0.05) is 296 Å². The van der Waals surface area contributed by atoms with Gasteiger partial charge < -0.3 is 14.2 Å². The lowest BCUT2D eigenvalue weighted by Crippen LogP contribution is -2.30. The van der Waals surface area contributed by atoms with Gasteiger partial charge in [-0.2, -0.15) is 0 Å². The fourth-order valence-corrected chi connectivity index (χ4v) is 9.41. The highest BCUT2D eigenvalue weighted by atomic mass is 16.6. The van der Waals surface area contributed by atoms with Crippen molar-refractivity contribution in [3.05, 3.63) is 122 Å². The summed E-state index contributed by atoms with van der Waals surface area (Å²) in [4.78, 5) is 38.3. The second kappa shape index (κ2) is 68.3. The number of hydrogen-bond donors (Lipinski definition) is 0. The molecule has 0 aromatic rings. The van der Waals surface area contributed by atoms with Gasteiger partial charge in [-0.3, -0.25) is 14.4 Å². The monoisotopic (exact) mass is 1120 g/mol. The predicted molar refractivity (Wildman–Crippen MR) is 353 cm³/mol. The molecule has 0 aromatic carbocycles. The van der Waals surface area contributed by atoms with Crippen LogP contribution in [-0.4, -0.2) is 37.2 Å². The molecule has 0 rings (SSSR count). The van der Waals surface area contributed by atoms with E-state index in [1.807, 2.05) is 0 Å². The van der Waals surface area contributed by atoms with Crippen molar-refractivity contribution in [1.82, 2.24) is 0 Å². The number of esters is 3. The molecule has 0 aliphatic heterocycles. The Morgan fingerprint density at radius 1 is 0.259 bits per heavy atom. The zero-order valence-corrected chi connectivity index (χ0v) is 53.0. The molecule has 0 bridgehead atoms. The van der Waals surface area contributed by atoms with Gasteiger partial charge in [0.05, 0.1) is 0 Å². The standard InChI is InChI=1S/C75H126O6/c1-4-7-10-13-16-19-22-25-28-30-31-32-33-34-35-36-37-38-39-40-41-42-43-45-47-50-53-56-59-62-65-68-74(77)80-71-72(70-79-73(76)67-64-61-58-55-52-49-46-27-24-21-18-15-12-9-6-3)81-75(78)69-66-63-60-57-54-51-48-44-29-26-23-20-17-14-11-8-5-2/h8-9,11-12,17-18,20-21,26-27,29-31,46,48,51-52,55,57,60,72H,4-7,10,13-16,19,22-25,28,32-45,47,49-50,53-54,56,58-59,61-71H2,1-3H3/b11-8-,12-9-,20-17-,21-18-,29-26-,31-30-,46-27-,51-48-,55-52-,60-57-. The van der Waals surface area contributed by atoms with Gasteiger partial charge in [-0.05, 0) is 122 Å². The Morgan fingerprint density at radius 2 is 0.494 bits per heavy atom. The van der Waals surface area contributed by atoms with Crippen molar-refractivity contribution in [1.29, 1.82) is 0 Å². The molecule has 0 aliphatic carbocycles. The molecule has 81 heavy (non-hydrogen) atoms. The number of unbranched alkanes of at least 4 members (excludes halogenated alkanes) is 30. The summed E-state index contributed by atoms with van der Waals surface area (Å²) in [5.41, 5.74) is 0. The van der Waals surface area contributed by atoms with Crippen molar-refractivity contribution in [3.8, 4) is 0 Å². The summed E-state index contributed by atoms with van der Waals surface area (Å²) in [6.07, 6.45) is 95.4. The van der Waals surface area contributed by atoms with Gasteiger partial charge >= 0.3 is 17.9 Å². The minimum atomic E-state index is -0.828. The molecule has 0 saturated heterocycles. The zero-order valence-electron chi connectivity index (χ0n) is 53.0. The summed E-state index contributed by atoms with van der Waals surface area (Å²) in [6, 6.07) is 0. The first-order valence-electron chi connectivity index (χ1n) is 34.0. The van der Waals surface area contributed by atoms with Crippen LogP contribution in [0.4, 0.5) is 0 Å². The van der Waals surface area contributed by atoms with Crippen LogP contribution < -0.4 is 0 Å². The molecular formula is C75H126O6. The Morgan fingerprint density at radius 3 is 0.827 bits per heavy atom. The average molecular weight is 1120 g/mol. The van der Waals surface area contributed by atoms with E-state index in [0.29, 0.717) is 25.7 Å². The first kappa shape index (κ1) is 76.8. The maximum absolute atomic E-state index is 12.9. The lowest BCUT2D eigenvalue weighted by molar-refractivity contribution is -0.167. The Kier molecular flexibility index (Phi) is 64.8. The van der Waals surface area contributed by atoms with Crippen LogP contribution >= 0.6 is 0 Å². The predicted octanol–water partition coefficient (Wildman–Crippen LogP) is 23.6. The van der Waals surface area contributed by atoms with Gasteiger partial charge in [0, 0.05) is 19.3 Å². The maximum Gasteiger partial charge on any atom is 0.306 e. The molecule has 6 nitrogen and oxygen atoms in total. The van der Waals surface area contributed by atoms with Gasteiger partial charge in [-0.15, -0.1) is 0 Å². The molecule has 1 unspecified atom stereocenters. The first-order chi connectivity index (χ1) is 40.0. The highest BCUT2D eigenvalue weighted by Gasteiger charge is 2.19. The molecule has 0 aliphatic rings. The Hall–Kier alpha value is -4.19. The Labute approximate surface area is 501 Å². The molecule has 0 radical (unpaired) electrons. The van der Waals surface area contributed by atoms with Gasteiger partial charge in [0.2, 0.25) is 0 Å². The third-order valence-electron chi connectivity index (χ3n) is 14.4. The third-order valence-corrected chi connectivity index (χ3v) is 14.4. The van der Waals surface area contributed by atoms with Crippen LogP contribution in [0, 0.1) is 0 Å². The molecule has 0 saturated carbocycles. The number of carbonyl (C=O) groups excluding carboxylic acids is 3. The van der Waals surface area contributed by atoms with Crippen LogP contribution in [0.25, 0.3) is 0 Å². The van der Waals surface area contributed by atoms with Crippen molar-refractivity contribution >= 4 is 17.9 Å². The molecule has 6 heteroatoms. The van der Waals surface area contributed by atoms with E-state index in [1.54, 1.807) is 0 Å². The van der Waals surface area contributed by atoms with Crippen molar-refractivity contribution in [2.45, 2.75) is 322 Å². The quantitative estimate of drug-likeness (QED) is 0.0261. The Balaban J connectivity index is 4.29. The van der Waals surface area contributed by atoms with E-state index in [4.69, 9.17) is 14.2 Å². The molecule has 1 atom stereocenters. The van der Waals surface area contributed by atoms with Crippen LogP contribution in [0.15, 0.2) is 122 Å². The number of ether oxygens (including phenoxy) is 3. The summed E-state index contributed by atoms with van der Waals surface area (Å²) >= 11 is 0. The van der Waals surface area contributed by atoms with Crippen molar-refractivity contribution in [3.63, 3.8) is 0 Å². The number of carbonyl (C=O) groups is 3. The van der Waals surface area contributed by atoms with Crippen LogP contribution in [-0.2, 0) is 28.6 Å². The smallest absolute Gasteiger partial charge is 0.306 e. The number of allylic oxidation sites excluding steroid dienone is 20. The van der Waals surface area contributed by atoms with Gasteiger partial charge in [0.1, 0.15) is 13.2 Å². The molecule has 0 aromatic heterocycles. The molecule has 0 amide bonds. The van der Waals surface area contributed by atoms with Crippen molar-refractivity contribution < 1.29 is 28.6 Å². The third kappa shape index (κ3) is 66.5. The minimum absolute atomic E-state index is 0.115. The largest absolute Gasteiger partial charge is 0.462 e. The number of hydrogen-bond acceptors (Lipinski definition) is 6.